The van der Waals surface area contributed by atoms with E-state index in [9.17, 15) is 14.0 Å². The number of fused-ring (bicyclic) bond motifs is 1. The average Bonchev–Trinajstić information content (AvgIpc) is 3.55. The Hall–Kier alpha value is -4.59. The Bertz CT molecular complexity index is 1600. The van der Waals surface area contributed by atoms with Crippen molar-refractivity contribution >= 4 is 47.3 Å². The van der Waals surface area contributed by atoms with Crippen LogP contribution in [0.15, 0.2) is 47.6 Å². The van der Waals surface area contributed by atoms with Crippen molar-refractivity contribution in [2.24, 2.45) is 0 Å². The van der Waals surface area contributed by atoms with Crippen LogP contribution in [0.1, 0.15) is 24.0 Å². The molecule has 0 radical (unpaired) electrons. The Morgan fingerprint density at radius 3 is 2.68 bits per heavy atom. The van der Waals surface area contributed by atoms with E-state index in [4.69, 9.17) is 0 Å². The first-order valence-electron chi connectivity index (χ1n) is 11.7. The summed E-state index contributed by atoms with van der Waals surface area (Å²) in [6.45, 7) is 0.222. The second-order valence-corrected chi connectivity index (χ2v) is 9.48. The third kappa shape index (κ3) is 4.85. The zero-order chi connectivity index (χ0) is 26.2. The van der Waals surface area contributed by atoms with E-state index in [0.29, 0.717) is 27.9 Å². The zero-order valence-corrected chi connectivity index (χ0v) is 20.8. The summed E-state index contributed by atoms with van der Waals surface area (Å²) >= 11 is 1.44. The fraction of sp³-hybridized carbons (Fsp3) is 0.208. The van der Waals surface area contributed by atoms with Gasteiger partial charge >= 0.3 is 6.03 Å². The van der Waals surface area contributed by atoms with Crippen molar-refractivity contribution in [2.75, 3.05) is 16.9 Å². The number of hydrogen-bond donors (Lipinski definition) is 4. The van der Waals surface area contributed by atoms with Crippen molar-refractivity contribution in [1.82, 2.24) is 40.2 Å². The predicted molar refractivity (Wildman–Crippen MR) is 139 cm³/mol. The van der Waals surface area contributed by atoms with E-state index >= 15 is 0 Å². The number of nitrogens with zero attached hydrogens (tertiary/aromatic N) is 6. The van der Waals surface area contributed by atoms with Crippen LogP contribution in [0.25, 0.3) is 22.9 Å². The number of benzene rings is 1. The number of imide groups is 1. The Morgan fingerprint density at radius 2 is 1.97 bits per heavy atom. The lowest BCUT2D eigenvalue weighted by Crippen LogP contribution is -2.22. The molecule has 4 N–H and O–H groups in total. The molecule has 6 rings (SSSR count). The van der Waals surface area contributed by atoms with Crippen molar-refractivity contribution in [3.05, 3.63) is 59.4 Å². The molecule has 4 heterocycles. The summed E-state index contributed by atoms with van der Waals surface area (Å²) in [7, 11) is 0. The maximum Gasteiger partial charge on any atom is 0.326 e. The van der Waals surface area contributed by atoms with Gasteiger partial charge in [0.05, 0.1) is 6.20 Å². The molecule has 1 saturated carbocycles. The molecule has 2 aliphatic rings. The van der Waals surface area contributed by atoms with E-state index in [0.717, 1.165) is 24.0 Å². The van der Waals surface area contributed by atoms with Crippen LogP contribution in [-0.2, 0) is 11.3 Å². The average molecular weight is 533 g/mol. The molecule has 14 heteroatoms. The Balaban J connectivity index is 1.34. The van der Waals surface area contributed by atoms with Crippen LogP contribution in [0.3, 0.4) is 0 Å². The lowest BCUT2D eigenvalue weighted by Gasteiger charge is -2.13. The number of rotatable bonds is 8. The number of carbonyl (C=O) groups excluding carboxylic acids is 2. The van der Waals surface area contributed by atoms with Gasteiger partial charge in [-0.3, -0.25) is 10.1 Å². The number of amides is 3. The molecule has 3 amide bonds. The molecule has 0 unspecified atom stereocenters. The molecular weight excluding hydrogens is 511 g/mol. The maximum absolute atomic E-state index is 14.2. The Kier molecular flexibility index (Phi) is 6.07. The maximum atomic E-state index is 14.2. The van der Waals surface area contributed by atoms with Crippen molar-refractivity contribution in [2.45, 2.75) is 30.6 Å². The molecule has 0 spiro atoms. The fourth-order valence-corrected chi connectivity index (χ4v) is 4.26. The van der Waals surface area contributed by atoms with Gasteiger partial charge in [0.1, 0.15) is 11.5 Å². The number of urea groups is 1. The first-order valence-corrected chi connectivity index (χ1v) is 12.9. The van der Waals surface area contributed by atoms with E-state index in [1.54, 1.807) is 29.2 Å². The minimum Gasteiger partial charge on any atom is -0.351 e. The Labute approximate surface area is 219 Å². The quantitative estimate of drug-likeness (QED) is 0.115. The van der Waals surface area contributed by atoms with Crippen LogP contribution in [0.4, 0.5) is 21.1 Å². The first-order chi connectivity index (χ1) is 18.5. The summed E-state index contributed by atoms with van der Waals surface area (Å²) in [5.74, 6) is -0.150. The van der Waals surface area contributed by atoms with Crippen LogP contribution >= 0.6 is 11.8 Å². The van der Waals surface area contributed by atoms with Gasteiger partial charge in [0.15, 0.2) is 10.8 Å². The van der Waals surface area contributed by atoms with Gasteiger partial charge in [-0.1, -0.05) is 17.8 Å². The standard InChI is InChI=1S/C24H21FN10O2S/c1-38-24-27-9-14(10-28-24)17-5-2-15(25)6-12(17)8-26-21-32-19-13(7-18-20(36)33-23(37)31-18)11-29-35(19)22(34-21)30-16-3-4-16/h2,5-7,9-11,16H,3-4,8H2,1H3,(H2,26,30,32,34)(H2,31,33,36,37)/b18-7-. The lowest BCUT2D eigenvalue weighted by molar-refractivity contribution is -0.115. The van der Waals surface area contributed by atoms with Gasteiger partial charge in [0.2, 0.25) is 11.9 Å². The monoisotopic (exact) mass is 532 g/mol. The SMILES string of the molecule is CSc1ncc(-c2ccc(F)cc2CNc2nc(NC3CC3)n3ncc(/C=C4\NC(=O)NC4=O)c3n2)cn1. The molecule has 0 bridgehead atoms. The molecule has 0 atom stereocenters. The molecule has 3 aromatic heterocycles. The second kappa shape index (κ2) is 9.70. The van der Waals surface area contributed by atoms with Gasteiger partial charge in [-0.05, 0) is 48.4 Å². The van der Waals surface area contributed by atoms with Crippen molar-refractivity contribution < 1.29 is 14.0 Å². The summed E-state index contributed by atoms with van der Waals surface area (Å²) < 4.78 is 15.8. The summed E-state index contributed by atoms with van der Waals surface area (Å²) in [5, 5.41) is 16.2. The molecule has 12 nitrogen and oxygen atoms in total. The van der Waals surface area contributed by atoms with Gasteiger partial charge in [0, 0.05) is 36.1 Å². The molecule has 1 aromatic carbocycles. The van der Waals surface area contributed by atoms with Crippen LogP contribution in [0, 0.1) is 5.82 Å². The fourth-order valence-electron chi connectivity index (χ4n) is 3.94. The van der Waals surface area contributed by atoms with Crippen LogP contribution in [0.5, 0.6) is 0 Å². The summed E-state index contributed by atoms with van der Waals surface area (Å²) in [6, 6.07) is 4.22. The molecular formula is C24H21FN10O2S. The van der Waals surface area contributed by atoms with Crippen molar-refractivity contribution in [1.29, 1.82) is 0 Å². The van der Waals surface area contributed by atoms with E-state index in [-0.39, 0.29) is 30.0 Å². The van der Waals surface area contributed by atoms with E-state index in [1.807, 2.05) is 6.26 Å². The number of thioether (sulfide) groups is 1. The first kappa shape index (κ1) is 23.8. The number of anilines is 2. The van der Waals surface area contributed by atoms with E-state index < -0.39 is 11.9 Å². The largest absolute Gasteiger partial charge is 0.351 e. The third-order valence-electron chi connectivity index (χ3n) is 5.95. The van der Waals surface area contributed by atoms with Crippen LogP contribution in [-0.4, -0.2) is 53.8 Å². The van der Waals surface area contributed by atoms with Gasteiger partial charge < -0.3 is 16.0 Å². The van der Waals surface area contributed by atoms with Crippen molar-refractivity contribution in [3.8, 4) is 11.1 Å². The highest BCUT2D eigenvalue weighted by Crippen LogP contribution is 2.27. The topological polar surface area (TPSA) is 151 Å². The molecule has 4 aromatic rings. The third-order valence-corrected chi connectivity index (χ3v) is 6.53. The van der Waals surface area contributed by atoms with E-state index in [1.165, 1.54) is 30.0 Å². The minimum atomic E-state index is -0.592. The summed E-state index contributed by atoms with van der Waals surface area (Å²) in [5.41, 5.74) is 3.24. The smallest absolute Gasteiger partial charge is 0.326 e. The molecule has 1 aliphatic heterocycles. The molecule has 1 aliphatic carbocycles. The number of halogens is 1. The number of aromatic nitrogens is 6. The van der Waals surface area contributed by atoms with E-state index in [2.05, 4.69) is 46.3 Å². The Morgan fingerprint density at radius 1 is 1.16 bits per heavy atom. The van der Waals surface area contributed by atoms with Gasteiger partial charge in [-0.25, -0.2) is 19.2 Å². The number of carbonyl (C=O) groups is 2. The van der Waals surface area contributed by atoms with Crippen molar-refractivity contribution in [3.63, 3.8) is 0 Å². The van der Waals surface area contributed by atoms with Gasteiger partial charge in [0.25, 0.3) is 5.91 Å². The van der Waals surface area contributed by atoms with Crippen LogP contribution in [0.2, 0.25) is 0 Å². The summed E-state index contributed by atoms with van der Waals surface area (Å²) in [4.78, 5) is 41.4. The predicted octanol–water partition coefficient (Wildman–Crippen LogP) is 2.81. The normalized spacial score (nSPS) is 16.1. The van der Waals surface area contributed by atoms with Gasteiger partial charge in [-0.2, -0.15) is 19.6 Å². The second-order valence-electron chi connectivity index (χ2n) is 8.70. The van der Waals surface area contributed by atoms with Crippen LogP contribution < -0.4 is 21.3 Å². The highest BCUT2D eigenvalue weighted by molar-refractivity contribution is 7.98. The minimum absolute atomic E-state index is 0.0915. The van der Waals surface area contributed by atoms with Gasteiger partial charge in [-0.15, -0.1) is 0 Å². The number of nitrogens with one attached hydrogen (secondary N) is 4. The summed E-state index contributed by atoms with van der Waals surface area (Å²) in [6.07, 6.45) is 10.4. The molecule has 1 saturated heterocycles. The highest BCUT2D eigenvalue weighted by Gasteiger charge is 2.26. The zero-order valence-electron chi connectivity index (χ0n) is 20.0. The lowest BCUT2D eigenvalue weighted by atomic mass is 10.0. The molecule has 38 heavy (non-hydrogen) atoms. The molecule has 2 fully saturated rings. The molecule has 192 valence electrons. The highest BCUT2D eigenvalue weighted by atomic mass is 32.2. The number of hydrogen-bond acceptors (Lipinski definition) is 10.